The first-order valence-electron chi connectivity index (χ1n) is 10.0. The molecule has 1 atom stereocenters. The summed E-state index contributed by atoms with van der Waals surface area (Å²) in [7, 11) is 0. The second kappa shape index (κ2) is 8.85. The number of carbonyl (C=O) groups excluding carboxylic acids is 1. The second-order valence-electron chi connectivity index (χ2n) is 7.31. The van der Waals surface area contributed by atoms with Crippen LogP contribution in [0.3, 0.4) is 0 Å². The predicted molar refractivity (Wildman–Crippen MR) is 120 cm³/mol. The molecule has 1 aliphatic rings. The Hall–Kier alpha value is -3.26. The van der Waals surface area contributed by atoms with E-state index in [2.05, 4.69) is 15.3 Å². The summed E-state index contributed by atoms with van der Waals surface area (Å²) in [5.74, 6) is 0.583. The highest BCUT2D eigenvalue weighted by molar-refractivity contribution is 7.98. The van der Waals surface area contributed by atoms with Crippen molar-refractivity contribution < 1.29 is 14.6 Å². The van der Waals surface area contributed by atoms with Gasteiger partial charge in [-0.3, -0.25) is 9.59 Å². The number of hydrogen-bond donors (Lipinski definition) is 3. The van der Waals surface area contributed by atoms with Gasteiger partial charge in [-0.05, 0) is 42.7 Å². The molecule has 31 heavy (non-hydrogen) atoms. The molecule has 2 heterocycles. The molecule has 0 bridgehead atoms. The van der Waals surface area contributed by atoms with Crippen LogP contribution in [0.1, 0.15) is 41.5 Å². The number of benzene rings is 2. The number of H-pyrrole nitrogens is 1. The van der Waals surface area contributed by atoms with Gasteiger partial charge in [0, 0.05) is 18.1 Å². The number of nitrogens with one attached hydrogen (secondary N) is 2. The topological polar surface area (TPSA) is 104 Å². The van der Waals surface area contributed by atoms with Gasteiger partial charge in [0.25, 0.3) is 5.56 Å². The van der Waals surface area contributed by atoms with E-state index in [1.807, 2.05) is 38.1 Å². The van der Waals surface area contributed by atoms with E-state index in [0.29, 0.717) is 34.4 Å². The summed E-state index contributed by atoms with van der Waals surface area (Å²) < 4.78 is 5.46. The molecule has 2 aromatic carbocycles. The maximum Gasteiger partial charge on any atom is 0.257 e. The highest BCUT2D eigenvalue weighted by Crippen LogP contribution is 2.38. The molecular weight excluding hydrogens is 414 g/mol. The number of fused-ring (bicyclic) bond motifs is 1. The van der Waals surface area contributed by atoms with Crippen LogP contribution >= 0.6 is 11.8 Å². The van der Waals surface area contributed by atoms with E-state index in [0.717, 1.165) is 5.56 Å². The first-order chi connectivity index (χ1) is 15.0. The second-order valence-corrected chi connectivity index (χ2v) is 8.28. The summed E-state index contributed by atoms with van der Waals surface area (Å²) in [6.07, 6.45) is 0.115. The number of ether oxygens (including phenoxy) is 1. The van der Waals surface area contributed by atoms with Crippen LogP contribution in [0, 0.1) is 6.92 Å². The number of aromatic nitrogens is 2. The number of anilines is 1. The predicted octanol–water partition coefficient (Wildman–Crippen LogP) is 3.95. The molecule has 0 aliphatic carbocycles. The SMILES string of the molecule is CCOc1cc([C@@H]2CC(=O)Nc3nc(SCc4ccccc4C)[nH]c(=O)c32)ccc1O. The number of thioether (sulfide) groups is 1. The molecule has 0 radical (unpaired) electrons. The van der Waals surface area contributed by atoms with E-state index in [1.54, 1.807) is 12.1 Å². The van der Waals surface area contributed by atoms with Crippen molar-refractivity contribution in [3.63, 3.8) is 0 Å². The highest BCUT2D eigenvalue weighted by atomic mass is 32.2. The number of aromatic hydroxyl groups is 1. The molecule has 0 fully saturated rings. The molecule has 4 rings (SSSR count). The van der Waals surface area contributed by atoms with Gasteiger partial charge in [-0.2, -0.15) is 0 Å². The standard InChI is InChI=1S/C23H23N3O4S/c1-3-30-18-10-14(8-9-17(18)27)16-11-19(28)24-21-20(16)22(29)26-23(25-21)31-12-15-7-5-4-6-13(15)2/h4-10,16,27H,3,11-12H2,1-2H3,(H2,24,25,26,28,29)/t16-/m0/s1. The first kappa shape index (κ1) is 21.0. The Kier molecular flexibility index (Phi) is 5.99. The lowest BCUT2D eigenvalue weighted by molar-refractivity contribution is -0.116. The van der Waals surface area contributed by atoms with E-state index in [4.69, 9.17) is 4.74 Å². The zero-order valence-electron chi connectivity index (χ0n) is 17.3. The number of phenolic OH excluding ortho intramolecular Hbond substituents is 1. The van der Waals surface area contributed by atoms with Crippen LogP contribution in [0.4, 0.5) is 5.82 Å². The van der Waals surface area contributed by atoms with Crippen LogP contribution < -0.4 is 15.6 Å². The minimum Gasteiger partial charge on any atom is -0.504 e. The molecule has 160 valence electrons. The quantitative estimate of drug-likeness (QED) is 0.398. The van der Waals surface area contributed by atoms with Gasteiger partial charge in [-0.1, -0.05) is 42.1 Å². The number of aryl methyl sites for hydroxylation is 1. The van der Waals surface area contributed by atoms with Crippen LogP contribution in [-0.2, 0) is 10.5 Å². The van der Waals surface area contributed by atoms with Crippen LogP contribution in [-0.4, -0.2) is 27.6 Å². The molecule has 1 amide bonds. The molecular formula is C23H23N3O4S. The first-order valence-corrected chi connectivity index (χ1v) is 11.0. The van der Waals surface area contributed by atoms with Crippen molar-refractivity contribution in [1.29, 1.82) is 0 Å². The lowest BCUT2D eigenvalue weighted by Gasteiger charge is -2.25. The monoisotopic (exact) mass is 437 g/mol. The minimum absolute atomic E-state index is 0.0149. The lowest BCUT2D eigenvalue weighted by atomic mass is 9.86. The highest BCUT2D eigenvalue weighted by Gasteiger charge is 2.31. The van der Waals surface area contributed by atoms with Crippen molar-refractivity contribution in [2.24, 2.45) is 0 Å². The smallest absolute Gasteiger partial charge is 0.257 e. The summed E-state index contributed by atoms with van der Waals surface area (Å²) >= 11 is 1.41. The van der Waals surface area contributed by atoms with Gasteiger partial charge in [0.05, 0.1) is 12.2 Å². The summed E-state index contributed by atoms with van der Waals surface area (Å²) in [5, 5.41) is 13.2. The third kappa shape index (κ3) is 4.44. The van der Waals surface area contributed by atoms with Gasteiger partial charge in [0.15, 0.2) is 16.7 Å². The van der Waals surface area contributed by atoms with Crippen LogP contribution in [0.5, 0.6) is 11.5 Å². The number of hydrogen-bond acceptors (Lipinski definition) is 6. The summed E-state index contributed by atoms with van der Waals surface area (Å²) in [6.45, 7) is 4.25. The maximum atomic E-state index is 13.0. The molecule has 7 nitrogen and oxygen atoms in total. The fourth-order valence-corrected chi connectivity index (χ4v) is 4.58. The molecule has 0 unspecified atom stereocenters. The van der Waals surface area contributed by atoms with Crippen molar-refractivity contribution in [2.45, 2.75) is 37.1 Å². The maximum absolute atomic E-state index is 13.0. The van der Waals surface area contributed by atoms with Crippen LogP contribution in [0.2, 0.25) is 0 Å². The third-order valence-electron chi connectivity index (χ3n) is 5.24. The van der Waals surface area contributed by atoms with Crippen molar-refractivity contribution in [3.05, 3.63) is 75.1 Å². The van der Waals surface area contributed by atoms with Gasteiger partial charge < -0.3 is 20.1 Å². The zero-order chi connectivity index (χ0) is 22.0. The summed E-state index contributed by atoms with van der Waals surface area (Å²) in [4.78, 5) is 32.7. The van der Waals surface area contributed by atoms with Crippen LogP contribution in [0.25, 0.3) is 0 Å². The fourth-order valence-electron chi connectivity index (χ4n) is 3.64. The third-order valence-corrected chi connectivity index (χ3v) is 6.16. The Bertz CT molecular complexity index is 1190. The molecule has 0 spiro atoms. The number of rotatable bonds is 6. The van der Waals surface area contributed by atoms with E-state index < -0.39 is 5.92 Å². The minimum atomic E-state index is -0.477. The summed E-state index contributed by atoms with van der Waals surface area (Å²) in [6, 6.07) is 12.9. The molecule has 0 saturated heterocycles. The molecule has 1 aliphatic heterocycles. The number of phenols is 1. The Balaban J connectivity index is 1.67. The van der Waals surface area contributed by atoms with Crippen molar-refractivity contribution >= 4 is 23.5 Å². The fraction of sp³-hybridized carbons (Fsp3) is 0.261. The van der Waals surface area contributed by atoms with Gasteiger partial charge in [0.1, 0.15) is 5.82 Å². The van der Waals surface area contributed by atoms with E-state index in [-0.39, 0.29) is 29.5 Å². The number of carbonyl (C=O) groups is 1. The normalized spacial score (nSPS) is 15.3. The van der Waals surface area contributed by atoms with Gasteiger partial charge in [0.2, 0.25) is 5.91 Å². The molecule has 0 saturated carbocycles. The van der Waals surface area contributed by atoms with E-state index in [9.17, 15) is 14.7 Å². The Morgan fingerprint density at radius 1 is 1.23 bits per heavy atom. The Morgan fingerprint density at radius 2 is 2.03 bits per heavy atom. The molecule has 1 aromatic heterocycles. The Morgan fingerprint density at radius 3 is 2.81 bits per heavy atom. The van der Waals surface area contributed by atoms with Gasteiger partial charge in [-0.15, -0.1) is 0 Å². The zero-order valence-corrected chi connectivity index (χ0v) is 18.1. The largest absolute Gasteiger partial charge is 0.504 e. The van der Waals surface area contributed by atoms with E-state index in [1.165, 1.54) is 23.4 Å². The number of nitrogens with zero attached hydrogens (tertiary/aromatic N) is 1. The Labute approximate surface area is 183 Å². The number of amides is 1. The lowest BCUT2D eigenvalue weighted by Crippen LogP contribution is -2.31. The number of aromatic amines is 1. The van der Waals surface area contributed by atoms with E-state index >= 15 is 0 Å². The van der Waals surface area contributed by atoms with Crippen molar-refractivity contribution in [2.75, 3.05) is 11.9 Å². The average molecular weight is 438 g/mol. The summed E-state index contributed by atoms with van der Waals surface area (Å²) in [5.41, 5.74) is 3.16. The van der Waals surface area contributed by atoms with Crippen molar-refractivity contribution in [3.8, 4) is 11.5 Å². The van der Waals surface area contributed by atoms with Crippen molar-refractivity contribution in [1.82, 2.24) is 9.97 Å². The van der Waals surface area contributed by atoms with Gasteiger partial charge >= 0.3 is 0 Å². The molecule has 3 N–H and O–H groups in total. The average Bonchev–Trinajstić information content (AvgIpc) is 2.74. The van der Waals surface area contributed by atoms with Gasteiger partial charge in [-0.25, -0.2) is 4.98 Å². The van der Waals surface area contributed by atoms with Crippen LogP contribution in [0.15, 0.2) is 52.4 Å². The molecule has 8 heteroatoms. The molecule has 3 aromatic rings.